The predicted octanol–water partition coefficient (Wildman–Crippen LogP) is 1.12. The first-order chi connectivity index (χ1) is 6.18. The Bertz CT molecular complexity index is 473. The molecule has 4 heteroatoms. The number of carbonyl (C=O) groups is 1. The lowest BCUT2D eigenvalue weighted by Gasteiger charge is -1.94. The van der Waals surface area contributed by atoms with Gasteiger partial charge in [0.1, 0.15) is 5.69 Å². The molecule has 0 spiro atoms. The van der Waals surface area contributed by atoms with Gasteiger partial charge in [-0.25, -0.2) is 4.98 Å². The fraction of sp³-hybridized carbons (Fsp3) is 0.111. The van der Waals surface area contributed by atoms with E-state index in [4.69, 9.17) is 5.73 Å². The average Bonchev–Trinajstić information content (AvgIpc) is 2.49. The van der Waals surface area contributed by atoms with Crippen molar-refractivity contribution in [1.82, 2.24) is 9.38 Å². The molecule has 0 atom stereocenters. The zero-order valence-corrected chi connectivity index (χ0v) is 7.19. The molecule has 2 heterocycles. The van der Waals surface area contributed by atoms with Gasteiger partial charge in [0.05, 0.1) is 5.69 Å². The summed E-state index contributed by atoms with van der Waals surface area (Å²) in [7, 11) is 0. The van der Waals surface area contributed by atoms with Gasteiger partial charge in [0.15, 0.2) is 11.4 Å². The van der Waals surface area contributed by atoms with Crippen molar-refractivity contribution in [1.29, 1.82) is 0 Å². The second-order valence-electron chi connectivity index (χ2n) is 2.88. The topological polar surface area (TPSA) is 60.4 Å². The Hall–Kier alpha value is -1.84. The van der Waals surface area contributed by atoms with Gasteiger partial charge < -0.3 is 10.1 Å². The van der Waals surface area contributed by atoms with E-state index in [1.165, 1.54) is 6.92 Å². The molecule has 0 fully saturated rings. The zero-order valence-electron chi connectivity index (χ0n) is 7.19. The summed E-state index contributed by atoms with van der Waals surface area (Å²) in [5.41, 5.74) is 7.33. The molecule has 0 amide bonds. The van der Waals surface area contributed by atoms with Gasteiger partial charge >= 0.3 is 0 Å². The lowest BCUT2D eigenvalue weighted by Crippen LogP contribution is -1.91. The maximum atomic E-state index is 11.0. The second-order valence-corrected chi connectivity index (χ2v) is 2.88. The lowest BCUT2D eigenvalue weighted by atomic mass is 10.3. The number of ketones is 1. The first-order valence-electron chi connectivity index (χ1n) is 3.92. The smallest absolute Gasteiger partial charge is 0.179 e. The van der Waals surface area contributed by atoms with Gasteiger partial charge in [-0.2, -0.15) is 0 Å². The summed E-state index contributed by atoms with van der Waals surface area (Å²) >= 11 is 0. The average molecular weight is 175 g/mol. The molecule has 13 heavy (non-hydrogen) atoms. The fourth-order valence-corrected chi connectivity index (χ4v) is 1.20. The van der Waals surface area contributed by atoms with Crippen molar-refractivity contribution in [3.8, 4) is 0 Å². The van der Waals surface area contributed by atoms with Crippen molar-refractivity contribution in [2.24, 2.45) is 0 Å². The molecular weight excluding hydrogens is 166 g/mol. The molecule has 4 nitrogen and oxygen atoms in total. The number of fused-ring (bicyclic) bond motifs is 1. The summed E-state index contributed by atoms with van der Waals surface area (Å²) in [6, 6.07) is 3.57. The van der Waals surface area contributed by atoms with Gasteiger partial charge in [0, 0.05) is 19.3 Å². The summed E-state index contributed by atoms with van der Waals surface area (Å²) in [5.74, 6) is -0.0527. The number of pyridine rings is 1. The number of rotatable bonds is 1. The van der Waals surface area contributed by atoms with E-state index in [1.54, 1.807) is 16.7 Å². The third kappa shape index (κ3) is 1.16. The minimum atomic E-state index is -0.0527. The normalized spacial score (nSPS) is 10.5. The molecule has 0 aliphatic carbocycles. The van der Waals surface area contributed by atoms with Crippen LogP contribution in [0, 0.1) is 0 Å². The van der Waals surface area contributed by atoms with E-state index in [0.29, 0.717) is 17.0 Å². The molecule has 2 N–H and O–H groups in total. The molecule has 0 saturated heterocycles. The molecular formula is C9H9N3O. The van der Waals surface area contributed by atoms with Crippen LogP contribution in [0.3, 0.4) is 0 Å². The van der Waals surface area contributed by atoms with E-state index >= 15 is 0 Å². The number of Topliss-reactive ketones (excluding diaryl/α,β-unsaturated/α-hetero) is 1. The number of anilines is 1. The monoisotopic (exact) mass is 175 g/mol. The van der Waals surface area contributed by atoms with E-state index in [2.05, 4.69) is 4.98 Å². The van der Waals surface area contributed by atoms with Crippen molar-refractivity contribution in [3.05, 3.63) is 30.2 Å². The standard InChI is InChI=1S/C9H9N3O/c1-6(13)8-5-12-4-2-3-7(10)9(12)11-8/h2-5H,10H2,1H3. The van der Waals surface area contributed by atoms with Gasteiger partial charge in [0.25, 0.3) is 0 Å². The highest BCUT2D eigenvalue weighted by Gasteiger charge is 2.06. The number of nitrogens with zero attached hydrogens (tertiary/aromatic N) is 2. The van der Waals surface area contributed by atoms with Crippen LogP contribution in [0.4, 0.5) is 5.69 Å². The Morgan fingerprint density at radius 3 is 3.00 bits per heavy atom. The minimum Gasteiger partial charge on any atom is -0.396 e. The largest absolute Gasteiger partial charge is 0.396 e. The van der Waals surface area contributed by atoms with Gasteiger partial charge in [-0.15, -0.1) is 0 Å². The van der Waals surface area contributed by atoms with Crippen LogP contribution in [0.5, 0.6) is 0 Å². The van der Waals surface area contributed by atoms with Crippen LogP contribution in [-0.4, -0.2) is 15.2 Å². The Kier molecular flexibility index (Phi) is 1.55. The van der Waals surface area contributed by atoms with E-state index in [1.807, 2.05) is 12.3 Å². The number of hydrogen-bond acceptors (Lipinski definition) is 3. The molecule has 66 valence electrons. The number of nitrogen functional groups attached to an aromatic ring is 1. The zero-order chi connectivity index (χ0) is 9.42. The number of imidazole rings is 1. The molecule has 2 aromatic heterocycles. The highest BCUT2D eigenvalue weighted by molar-refractivity contribution is 5.93. The Balaban J connectivity index is 2.75. The summed E-state index contributed by atoms with van der Waals surface area (Å²) < 4.78 is 1.74. The number of carbonyl (C=O) groups excluding carboxylic acids is 1. The number of nitrogens with two attached hydrogens (primary N) is 1. The van der Waals surface area contributed by atoms with E-state index in [-0.39, 0.29) is 5.78 Å². The van der Waals surface area contributed by atoms with E-state index in [0.717, 1.165) is 0 Å². The predicted molar refractivity (Wildman–Crippen MR) is 49.6 cm³/mol. The summed E-state index contributed by atoms with van der Waals surface area (Å²) in [6.45, 7) is 1.48. The molecule has 0 unspecified atom stereocenters. The molecule has 0 saturated carbocycles. The van der Waals surface area contributed by atoms with Crippen molar-refractivity contribution in [2.75, 3.05) is 5.73 Å². The van der Waals surface area contributed by atoms with E-state index < -0.39 is 0 Å². The van der Waals surface area contributed by atoms with Crippen molar-refractivity contribution < 1.29 is 4.79 Å². The molecule has 0 aromatic carbocycles. The van der Waals surface area contributed by atoms with Crippen LogP contribution in [0.1, 0.15) is 17.4 Å². The summed E-state index contributed by atoms with van der Waals surface area (Å²) in [4.78, 5) is 15.1. The third-order valence-corrected chi connectivity index (χ3v) is 1.87. The highest BCUT2D eigenvalue weighted by atomic mass is 16.1. The SMILES string of the molecule is CC(=O)c1cn2cccc(N)c2n1. The van der Waals surface area contributed by atoms with Crippen LogP contribution < -0.4 is 5.73 Å². The number of aromatic nitrogens is 2. The van der Waals surface area contributed by atoms with Gasteiger partial charge in [-0.3, -0.25) is 4.79 Å². The Morgan fingerprint density at radius 1 is 1.62 bits per heavy atom. The van der Waals surface area contributed by atoms with Crippen molar-refractivity contribution >= 4 is 17.1 Å². The summed E-state index contributed by atoms with van der Waals surface area (Å²) in [6.07, 6.45) is 3.49. The van der Waals surface area contributed by atoms with Gasteiger partial charge in [-0.05, 0) is 12.1 Å². The van der Waals surface area contributed by atoms with Crippen LogP contribution in [0.25, 0.3) is 5.65 Å². The quantitative estimate of drug-likeness (QED) is 0.660. The van der Waals surface area contributed by atoms with Gasteiger partial charge in [0.2, 0.25) is 0 Å². The molecule has 2 aromatic rings. The molecule has 0 bridgehead atoms. The Morgan fingerprint density at radius 2 is 2.38 bits per heavy atom. The van der Waals surface area contributed by atoms with E-state index in [9.17, 15) is 4.79 Å². The second kappa shape index (κ2) is 2.58. The maximum Gasteiger partial charge on any atom is 0.179 e. The fourth-order valence-electron chi connectivity index (χ4n) is 1.20. The molecule has 2 rings (SSSR count). The molecule has 0 aliphatic rings. The summed E-state index contributed by atoms with van der Waals surface area (Å²) in [5, 5.41) is 0. The minimum absolute atomic E-state index is 0.0527. The van der Waals surface area contributed by atoms with Crippen LogP contribution in [0.2, 0.25) is 0 Å². The van der Waals surface area contributed by atoms with Crippen LogP contribution >= 0.6 is 0 Å². The third-order valence-electron chi connectivity index (χ3n) is 1.87. The highest BCUT2D eigenvalue weighted by Crippen LogP contribution is 2.12. The van der Waals surface area contributed by atoms with Gasteiger partial charge in [-0.1, -0.05) is 0 Å². The van der Waals surface area contributed by atoms with Crippen molar-refractivity contribution in [2.45, 2.75) is 6.92 Å². The number of hydrogen-bond donors (Lipinski definition) is 1. The maximum absolute atomic E-state index is 11.0. The molecule has 0 radical (unpaired) electrons. The van der Waals surface area contributed by atoms with Crippen LogP contribution in [0.15, 0.2) is 24.5 Å². The molecule has 0 aliphatic heterocycles. The van der Waals surface area contributed by atoms with Crippen LogP contribution in [-0.2, 0) is 0 Å². The van der Waals surface area contributed by atoms with Crippen molar-refractivity contribution in [3.63, 3.8) is 0 Å². The first-order valence-corrected chi connectivity index (χ1v) is 3.92. The lowest BCUT2D eigenvalue weighted by molar-refractivity contribution is 0.101. The Labute approximate surface area is 75.0 Å². The first kappa shape index (κ1) is 7.79.